The number of benzene rings is 1. The van der Waals surface area contributed by atoms with E-state index in [4.69, 9.17) is 0 Å². The third-order valence-electron chi connectivity index (χ3n) is 2.99. The van der Waals surface area contributed by atoms with E-state index in [1.165, 1.54) is 24.9 Å². The molecule has 0 saturated carbocycles. The van der Waals surface area contributed by atoms with Gasteiger partial charge in [-0.15, -0.1) is 0 Å². The van der Waals surface area contributed by atoms with Crippen molar-refractivity contribution in [3.05, 3.63) is 35.9 Å². The minimum Gasteiger partial charge on any atom is -0.313 e. The minimum atomic E-state index is 0.707. The predicted octanol–water partition coefficient (Wildman–Crippen LogP) is 1.87. The summed E-state index contributed by atoms with van der Waals surface area (Å²) >= 11 is 0. The van der Waals surface area contributed by atoms with Crippen molar-refractivity contribution in [2.45, 2.75) is 25.4 Å². The second-order valence-electron chi connectivity index (χ2n) is 4.48. The second kappa shape index (κ2) is 5.29. The molecule has 1 unspecified atom stereocenters. The van der Waals surface area contributed by atoms with Crippen molar-refractivity contribution >= 4 is 0 Å². The van der Waals surface area contributed by atoms with Crippen molar-refractivity contribution in [1.29, 1.82) is 0 Å². The van der Waals surface area contributed by atoms with Crippen LogP contribution in [0.25, 0.3) is 0 Å². The lowest BCUT2D eigenvalue weighted by atomic mass is 10.2. The Morgan fingerprint density at radius 3 is 2.80 bits per heavy atom. The van der Waals surface area contributed by atoms with Gasteiger partial charge in [0.2, 0.25) is 0 Å². The Bertz CT molecular complexity index is 278. The standard InChI is InChI=1S/C13H20N2/c1-15(11-13-8-5-9-14-13)10-12-6-3-2-4-7-12/h2-4,6-7,13-14H,5,8-11H2,1H3. The normalized spacial score (nSPS) is 21.1. The fraction of sp³-hybridized carbons (Fsp3) is 0.538. The summed E-state index contributed by atoms with van der Waals surface area (Å²) in [6.45, 7) is 3.41. The zero-order valence-electron chi connectivity index (χ0n) is 9.45. The molecule has 1 aromatic carbocycles. The summed E-state index contributed by atoms with van der Waals surface area (Å²) in [5.74, 6) is 0. The number of rotatable bonds is 4. The van der Waals surface area contributed by atoms with Gasteiger partial charge >= 0.3 is 0 Å². The summed E-state index contributed by atoms with van der Waals surface area (Å²) in [6, 6.07) is 11.4. The van der Waals surface area contributed by atoms with Crippen molar-refractivity contribution in [1.82, 2.24) is 10.2 Å². The van der Waals surface area contributed by atoms with Gasteiger partial charge in [-0.2, -0.15) is 0 Å². The quantitative estimate of drug-likeness (QED) is 0.805. The van der Waals surface area contributed by atoms with E-state index in [1.807, 2.05) is 0 Å². The van der Waals surface area contributed by atoms with Crippen LogP contribution in [-0.4, -0.2) is 31.1 Å². The highest BCUT2D eigenvalue weighted by Crippen LogP contribution is 2.08. The molecule has 0 aromatic heterocycles. The lowest BCUT2D eigenvalue weighted by molar-refractivity contribution is 0.293. The van der Waals surface area contributed by atoms with Gasteiger partial charge in [0.1, 0.15) is 0 Å². The van der Waals surface area contributed by atoms with Crippen molar-refractivity contribution in [3.8, 4) is 0 Å². The zero-order chi connectivity index (χ0) is 10.5. The summed E-state index contributed by atoms with van der Waals surface area (Å²) in [4.78, 5) is 2.40. The van der Waals surface area contributed by atoms with Crippen LogP contribution >= 0.6 is 0 Å². The molecule has 1 aliphatic rings. The first-order chi connectivity index (χ1) is 7.34. The summed E-state index contributed by atoms with van der Waals surface area (Å²) in [7, 11) is 2.20. The summed E-state index contributed by atoms with van der Waals surface area (Å²) in [5.41, 5.74) is 1.40. The highest BCUT2D eigenvalue weighted by molar-refractivity contribution is 5.14. The molecule has 1 heterocycles. The van der Waals surface area contributed by atoms with Gasteiger partial charge < -0.3 is 10.2 Å². The number of nitrogens with zero attached hydrogens (tertiary/aromatic N) is 1. The van der Waals surface area contributed by atoms with E-state index in [1.54, 1.807) is 0 Å². The molecule has 1 saturated heterocycles. The zero-order valence-corrected chi connectivity index (χ0v) is 9.45. The first kappa shape index (κ1) is 10.7. The summed E-state index contributed by atoms with van der Waals surface area (Å²) in [6.07, 6.45) is 2.67. The van der Waals surface area contributed by atoms with Gasteiger partial charge in [0.15, 0.2) is 0 Å². The molecular formula is C13H20N2. The smallest absolute Gasteiger partial charge is 0.0231 e. The second-order valence-corrected chi connectivity index (χ2v) is 4.48. The van der Waals surface area contributed by atoms with Crippen molar-refractivity contribution < 1.29 is 0 Å². The number of nitrogens with one attached hydrogen (secondary N) is 1. The predicted molar refractivity (Wildman–Crippen MR) is 63.8 cm³/mol. The van der Waals surface area contributed by atoms with Crippen LogP contribution in [0, 0.1) is 0 Å². The Morgan fingerprint density at radius 2 is 2.13 bits per heavy atom. The Balaban J connectivity index is 1.79. The van der Waals surface area contributed by atoms with E-state index in [-0.39, 0.29) is 0 Å². The Kier molecular flexibility index (Phi) is 3.75. The van der Waals surface area contributed by atoms with Crippen molar-refractivity contribution in [2.24, 2.45) is 0 Å². The Morgan fingerprint density at radius 1 is 1.33 bits per heavy atom. The van der Waals surface area contributed by atoms with Crippen molar-refractivity contribution in [3.63, 3.8) is 0 Å². The maximum absolute atomic E-state index is 3.53. The van der Waals surface area contributed by atoms with Gasteiger partial charge in [-0.05, 0) is 32.0 Å². The lowest BCUT2D eigenvalue weighted by Gasteiger charge is -2.21. The molecule has 2 heteroatoms. The molecule has 0 radical (unpaired) electrons. The van der Waals surface area contributed by atoms with E-state index in [2.05, 4.69) is 47.6 Å². The Labute approximate surface area is 92.3 Å². The first-order valence-electron chi connectivity index (χ1n) is 5.80. The monoisotopic (exact) mass is 204 g/mol. The largest absolute Gasteiger partial charge is 0.313 e. The van der Waals surface area contributed by atoms with E-state index in [0.29, 0.717) is 6.04 Å². The molecule has 0 bridgehead atoms. The first-order valence-corrected chi connectivity index (χ1v) is 5.80. The van der Waals surface area contributed by atoms with Gasteiger partial charge in [0, 0.05) is 19.1 Å². The number of likely N-dealkylation sites (N-methyl/N-ethyl adjacent to an activating group) is 1. The molecule has 0 amide bonds. The molecule has 1 aromatic rings. The molecule has 0 spiro atoms. The van der Waals surface area contributed by atoms with Gasteiger partial charge in [-0.25, -0.2) is 0 Å². The number of hydrogen-bond donors (Lipinski definition) is 1. The minimum absolute atomic E-state index is 0.707. The van der Waals surface area contributed by atoms with E-state index in [9.17, 15) is 0 Å². The fourth-order valence-corrected chi connectivity index (χ4v) is 2.25. The highest BCUT2D eigenvalue weighted by atomic mass is 15.1. The molecule has 2 nitrogen and oxygen atoms in total. The van der Waals surface area contributed by atoms with E-state index < -0.39 is 0 Å². The van der Waals surface area contributed by atoms with Crippen LogP contribution < -0.4 is 5.32 Å². The van der Waals surface area contributed by atoms with Gasteiger partial charge in [-0.1, -0.05) is 30.3 Å². The van der Waals surface area contributed by atoms with Gasteiger partial charge in [0.05, 0.1) is 0 Å². The van der Waals surface area contributed by atoms with Crippen LogP contribution in [0.5, 0.6) is 0 Å². The third-order valence-corrected chi connectivity index (χ3v) is 2.99. The van der Waals surface area contributed by atoms with Crippen LogP contribution in [0.15, 0.2) is 30.3 Å². The molecule has 1 fully saturated rings. The maximum atomic E-state index is 3.53. The van der Waals surface area contributed by atoms with E-state index in [0.717, 1.165) is 13.1 Å². The van der Waals surface area contributed by atoms with Crippen LogP contribution in [-0.2, 0) is 6.54 Å². The molecule has 1 aliphatic heterocycles. The van der Waals surface area contributed by atoms with Gasteiger partial charge in [-0.3, -0.25) is 0 Å². The number of hydrogen-bond acceptors (Lipinski definition) is 2. The van der Waals surface area contributed by atoms with Crippen LogP contribution in [0.2, 0.25) is 0 Å². The highest BCUT2D eigenvalue weighted by Gasteiger charge is 2.15. The SMILES string of the molecule is CN(Cc1ccccc1)CC1CCCN1. The van der Waals surface area contributed by atoms with Crippen LogP contribution in [0.4, 0.5) is 0 Å². The maximum Gasteiger partial charge on any atom is 0.0231 e. The molecule has 82 valence electrons. The van der Waals surface area contributed by atoms with Gasteiger partial charge in [0.25, 0.3) is 0 Å². The van der Waals surface area contributed by atoms with Crippen LogP contribution in [0.3, 0.4) is 0 Å². The Hall–Kier alpha value is -0.860. The topological polar surface area (TPSA) is 15.3 Å². The lowest BCUT2D eigenvalue weighted by Crippen LogP contribution is -2.34. The molecular weight excluding hydrogens is 184 g/mol. The van der Waals surface area contributed by atoms with Crippen LogP contribution in [0.1, 0.15) is 18.4 Å². The van der Waals surface area contributed by atoms with Crippen molar-refractivity contribution in [2.75, 3.05) is 20.1 Å². The molecule has 0 aliphatic carbocycles. The van der Waals surface area contributed by atoms with E-state index >= 15 is 0 Å². The average Bonchev–Trinajstić information content (AvgIpc) is 2.71. The summed E-state index contributed by atoms with van der Waals surface area (Å²) in [5, 5.41) is 3.53. The summed E-state index contributed by atoms with van der Waals surface area (Å²) < 4.78 is 0. The molecule has 1 atom stereocenters. The molecule has 15 heavy (non-hydrogen) atoms. The fourth-order valence-electron chi connectivity index (χ4n) is 2.25. The molecule has 2 rings (SSSR count). The average molecular weight is 204 g/mol. The molecule has 1 N–H and O–H groups in total. The third kappa shape index (κ3) is 3.33.